The van der Waals surface area contributed by atoms with Crippen molar-refractivity contribution in [2.24, 2.45) is 75.9 Å². The van der Waals surface area contributed by atoms with Crippen molar-refractivity contribution in [1.82, 2.24) is 4.90 Å². The quantitative estimate of drug-likeness (QED) is 0.275. The van der Waals surface area contributed by atoms with Gasteiger partial charge in [-0.1, -0.05) is 145 Å². The van der Waals surface area contributed by atoms with Crippen molar-refractivity contribution in [2.75, 3.05) is 0 Å². The average Bonchev–Trinajstić information content (AvgIpc) is 4.08. The molecule has 0 aromatic carbocycles. The molecular weight excluding hydrogens is 775 g/mol. The first kappa shape index (κ1) is 38.7. The molecule has 0 radical (unpaired) electrons. The van der Waals surface area contributed by atoms with E-state index in [9.17, 15) is 0 Å². The molecule has 14 rings (SSSR count). The summed E-state index contributed by atoms with van der Waals surface area (Å²) in [6.45, 7) is 0. The van der Waals surface area contributed by atoms with Crippen molar-refractivity contribution in [1.29, 1.82) is 0 Å². The highest BCUT2D eigenvalue weighted by atomic mass is 16.3. The molecule has 13 aliphatic rings. The number of rotatable bonds is 5. The number of hydrogen-bond donors (Lipinski definition) is 0. The van der Waals surface area contributed by atoms with Crippen LogP contribution in [0.2, 0.25) is 0 Å². The molecule has 64 heavy (non-hydrogen) atoms. The Labute approximate surface area is 382 Å². The van der Waals surface area contributed by atoms with Crippen molar-refractivity contribution in [2.45, 2.75) is 109 Å². The van der Waals surface area contributed by atoms with Crippen molar-refractivity contribution in [3.8, 4) is 0 Å². The maximum absolute atomic E-state index is 6.90. The van der Waals surface area contributed by atoms with Crippen LogP contribution in [0.3, 0.4) is 0 Å². The van der Waals surface area contributed by atoms with E-state index in [-0.39, 0.29) is 16.9 Å². The predicted molar refractivity (Wildman–Crippen MR) is 262 cm³/mol. The van der Waals surface area contributed by atoms with Crippen LogP contribution in [-0.4, -0.2) is 10.9 Å². The Hall–Kier alpha value is -4.56. The highest BCUT2D eigenvalue weighted by Crippen LogP contribution is 2.73. The van der Waals surface area contributed by atoms with E-state index >= 15 is 0 Å². The molecule has 0 N–H and O–H groups in total. The van der Waals surface area contributed by atoms with Gasteiger partial charge in [0, 0.05) is 52.6 Å². The summed E-state index contributed by atoms with van der Waals surface area (Å²) >= 11 is 0. The van der Waals surface area contributed by atoms with E-state index in [4.69, 9.17) is 4.42 Å². The topological polar surface area (TPSA) is 16.4 Å². The Bertz CT molecular complexity index is 2570. The normalized spacial score (nSPS) is 42.3. The molecule has 2 heteroatoms. The first-order valence-corrected chi connectivity index (χ1v) is 26.3. The highest BCUT2D eigenvalue weighted by molar-refractivity contribution is 5.79. The van der Waals surface area contributed by atoms with Gasteiger partial charge >= 0.3 is 0 Å². The lowest BCUT2D eigenvalue weighted by atomic mass is 9.52. The Morgan fingerprint density at radius 3 is 2.41 bits per heavy atom. The fourth-order valence-electron chi connectivity index (χ4n) is 18.0. The monoisotopic (exact) mass is 842 g/mol. The van der Waals surface area contributed by atoms with Gasteiger partial charge in [-0.2, -0.15) is 0 Å². The first-order chi connectivity index (χ1) is 31.8. The Morgan fingerprint density at radius 1 is 0.594 bits per heavy atom. The standard InChI is InChI=1S/C62H67NO/c1-3-18-40(19-4-1)61(41-20-5-2-6-21-41)51-27-12-7-24-46(51)48-36-34-42(38-55(48)61)63(57-31-17-33-59-60(57)50-26-11-16-32-58(50)64-59)43-35-37-49-47-25-10-15-30-54(47)62(56(49)39-43)52-28-13-8-22-44(52)45-23-9-14-29-53(45)62/h1,3-5,7-9,11,13,15,18,20,22-24,26,28,30-31,34,36,38-41,43-44,46-49,51-52,54-55H,2,6,10,12,14,16-17,19,21,25,27,29,32-33,35,37H2. The molecule has 1 aromatic heterocycles. The molecule has 326 valence electrons. The highest BCUT2D eigenvalue weighted by Gasteiger charge is 2.66. The third-order valence-corrected chi connectivity index (χ3v) is 19.9. The Kier molecular flexibility index (Phi) is 9.06. The lowest BCUT2D eigenvalue weighted by molar-refractivity contribution is 0.0175. The van der Waals surface area contributed by atoms with Crippen LogP contribution in [0.5, 0.6) is 0 Å². The first-order valence-electron chi connectivity index (χ1n) is 26.3. The van der Waals surface area contributed by atoms with Crippen molar-refractivity contribution >= 4 is 11.8 Å². The molecular formula is C62H67NO. The van der Waals surface area contributed by atoms with E-state index in [1.54, 1.807) is 11.1 Å². The minimum Gasteiger partial charge on any atom is -0.465 e. The van der Waals surface area contributed by atoms with Gasteiger partial charge < -0.3 is 9.32 Å². The number of nitrogens with zero attached hydrogens (tertiary/aromatic N) is 1. The van der Waals surface area contributed by atoms with Crippen LogP contribution in [0.25, 0.3) is 11.8 Å². The van der Waals surface area contributed by atoms with Crippen LogP contribution < -0.4 is 0 Å². The SMILES string of the molecule is C1=CCC(C2(C3C=CCCC3)C3C=C(N(C4=CCCc5oc6c(c54)C=CCC6)C4C=C5C(CC4)C4CCC=CC4C54C5=C(C=CCC5)C5C=CC=CC54)C=CC3C3C=CCCC32)C=C1. The van der Waals surface area contributed by atoms with E-state index < -0.39 is 0 Å². The average molecular weight is 842 g/mol. The molecule has 2 fully saturated rings. The molecule has 1 spiro atoms. The summed E-state index contributed by atoms with van der Waals surface area (Å²) in [6, 6.07) is 0.283. The van der Waals surface area contributed by atoms with Gasteiger partial charge in [0.05, 0.1) is 6.04 Å². The van der Waals surface area contributed by atoms with Crippen LogP contribution in [0.1, 0.15) is 113 Å². The van der Waals surface area contributed by atoms with Gasteiger partial charge in [-0.25, -0.2) is 0 Å². The molecule has 0 amide bonds. The second-order valence-electron chi connectivity index (χ2n) is 22.2. The molecule has 1 heterocycles. The number of allylic oxidation sites excluding steroid dienone is 24. The van der Waals surface area contributed by atoms with Crippen molar-refractivity contribution < 1.29 is 4.42 Å². The third-order valence-electron chi connectivity index (χ3n) is 19.9. The van der Waals surface area contributed by atoms with E-state index in [0.29, 0.717) is 59.2 Å². The molecule has 0 aliphatic heterocycles. The second-order valence-corrected chi connectivity index (χ2v) is 22.2. The van der Waals surface area contributed by atoms with Gasteiger partial charge in [-0.15, -0.1) is 0 Å². The summed E-state index contributed by atoms with van der Waals surface area (Å²) < 4.78 is 6.90. The molecule has 0 saturated heterocycles. The molecule has 0 bridgehead atoms. The van der Waals surface area contributed by atoms with Crippen LogP contribution >= 0.6 is 0 Å². The molecule has 13 aliphatic carbocycles. The van der Waals surface area contributed by atoms with Gasteiger partial charge in [-0.05, 0) is 160 Å². The summed E-state index contributed by atoms with van der Waals surface area (Å²) in [6.07, 6.45) is 78.8. The van der Waals surface area contributed by atoms with Gasteiger partial charge in [0.15, 0.2) is 0 Å². The molecule has 1 aromatic rings. The lowest BCUT2D eigenvalue weighted by Crippen LogP contribution is -2.47. The summed E-state index contributed by atoms with van der Waals surface area (Å²) in [5.41, 5.74) is 11.2. The number of hydrogen-bond acceptors (Lipinski definition) is 2. The number of fused-ring (bicyclic) bond motifs is 15. The minimum atomic E-state index is 0.0743. The summed E-state index contributed by atoms with van der Waals surface area (Å²) in [4.78, 5) is 2.95. The van der Waals surface area contributed by atoms with E-state index in [0.717, 1.165) is 31.6 Å². The van der Waals surface area contributed by atoms with Crippen molar-refractivity contribution in [3.63, 3.8) is 0 Å². The van der Waals surface area contributed by atoms with Gasteiger partial charge in [0.2, 0.25) is 0 Å². The smallest absolute Gasteiger partial charge is 0.114 e. The molecule has 14 atom stereocenters. The Morgan fingerprint density at radius 2 is 1.47 bits per heavy atom. The largest absolute Gasteiger partial charge is 0.465 e. The zero-order chi connectivity index (χ0) is 42.0. The fraction of sp³-hybridized carbons (Fsp3) is 0.484. The lowest BCUT2D eigenvalue weighted by Gasteiger charge is -2.52. The van der Waals surface area contributed by atoms with Gasteiger partial charge in [-0.3, -0.25) is 0 Å². The Balaban J connectivity index is 0.976. The molecule has 2 saturated carbocycles. The van der Waals surface area contributed by atoms with Crippen LogP contribution in [0, 0.1) is 75.9 Å². The zero-order valence-corrected chi connectivity index (χ0v) is 37.9. The molecule has 14 unspecified atom stereocenters. The van der Waals surface area contributed by atoms with Crippen LogP contribution in [0.4, 0.5) is 0 Å². The maximum atomic E-state index is 6.90. The third kappa shape index (κ3) is 5.26. The van der Waals surface area contributed by atoms with Gasteiger partial charge in [0.1, 0.15) is 11.5 Å². The summed E-state index contributed by atoms with van der Waals surface area (Å²) in [5.74, 6) is 8.89. The van der Waals surface area contributed by atoms with E-state index in [2.05, 4.69) is 145 Å². The fourth-order valence-corrected chi connectivity index (χ4v) is 18.0. The van der Waals surface area contributed by atoms with Crippen LogP contribution in [0.15, 0.2) is 161 Å². The maximum Gasteiger partial charge on any atom is 0.114 e. The predicted octanol–water partition coefficient (Wildman–Crippen LogP) is 14.9. The van der Waals surface area contributed by atoms with Gasteiger partial charge in [0.25, 0.3) is 0 Å². The van der Waals surface area contributed by atoms with E-state index in [1.165, 1.54) is 111 Å². The van der Waals surface area contributed by atoms with Crippen molar-refractivity contribution in [3.05, 3.63) is 179 Å². The number of furan rings is 1. The minimum absolute atomic E-state index is 0.0743. The zero-order valence-electron chi connectivity index (χ0n) is 37.9. The number of aryl methyl sites for hydroxylation is 2. The van der Waals surface area contributed by atoms with E-state index in [1.807, 2.05) is 5.57 Å². The second kappa shape index (κ2) is 15.0. The van der Waals surface area contributed by atoms with Crippen LogP contribution in [-0.2, 0) is 12.8 Å². The molecule has 2 nitrogen and oxygen atoms in total. The summed E-state index contributed by atoms with van der Waals surface area (Å²) in [5, 5.41) is 0. The summed E-state index contributed by atoms with van der Waals surface area (Å²) in [7, 11) is 0.